The molecule has 1 fully saturated rings. The van der Waals surface area contributed by atoms with Crippen LogP contribution in [0.5, 0.6) is 0 Å². The van der Waals surface area contributed by atoms with Gasteiger partial charge in [-0.3, -0.25) is 9.59 Å². The van der Waals surface area contributed by atoms with E-state index < -0.39 is 11.9 Å². The van der Waals surface area contributed by atoms with E-state index in [0.29, 0.717) is 13.0 Å². The minimum atomic E-state index is -0.785. The van der Waals surface area contributed by atoms with Gasteiger partial charge in [0, 0.05) is 18.2 Å². The lowest BCUT2D eigenvalue weighted by Gasteiger charge is -2.25. The highest BCUT2D eigenvalue weighted by Crippen LogP contribution is 2.34. The minimum Gasteiger partial charge on any atom is -0.481 e. The second-order valence-electron chi connectivity index (χ2n) is 6.30. The summed E-state index contributed by atoms with van der Waals surface area (Å²) < 4.78 is 1.93. The Bertz CT molecular complexity index is 538. The number of fused-ring (bicyclic) bond motifs is 1. The number of hydrogen-bond acceptors (Lipinski definition) is 2. The summed E-state index contributed by atoms with van der Waals surface area (Å²) in [5.74, 6) is -0.146. The molecule has 1 aliphatic carbocycles. The molecule has 20 heavy (non-hydrogen) atoms. The molecule has 3 rings (SSSR count). The fraction of sp³-hybridized carbons (Fsp3) is 0.625. The molecule has 4 heteroatoms. The van der Waals surface area contributed by atoms with Crippen molar-refractivity contribution in [3.05, 3.63) is 23.5 Å². The average molecular weight is 275 g/mol. The number of aliphatic carboxylic acids is 1. The topological polar surface area (TPSA) is 59.3 Å². The Morgan fingerprint density at radius 2 is 1.85 bits per heavy atom. The van der Waals surface area contributed by atoms with Gasteiger partial charge in [0.2, 0.25) is 0 Å². The van der Waals surface area contributed by atoms with Gasteiger partial charge in [0.15, 0.2) is 5.78 Å². The van der Waals surface area contributed by atoms with Crippen LogP contribution in [0, 0.1) is 11.8 Å². The average Bonchev–Trinajstić information content (AvgIpc) is 2.99. The zero-order valence-electron chi connectivity index (χ0n) is 11.8. The molecule has 0 saturated heterocycles. The number of carbonyl (C=O) groups excluding carboxylic acids is 1. The van der Waals surface area contributed by atoms with Gasteiger partial charge in [-0.15, -0.1) is 0 Å². The molecule has 0 radical (unpaired) electrons. The zero-order valence-corrected chi connectivity index (χ0v) is 11.8. The van der Waals surface area contributed by atoms with E-state index in [4.69, 9.17) is 0 Å². The van der Waals surface area contributed by atoms with Gasteiger partial charge >= 0.3 is 5.97 Å². The SMILES string of the molecule is CC1CCC(C(=O)c2ccc3n2CCC3C(=O)O)CC1. The Morgan fingerprint density at radius 3 is 2.50 bits per heavy atom. The smallest absolute Gasteiger partial charge is 0.312 e. The molecule has 1 aromatic rings. The maximum atomic E-state index is 12.6. The number of carbonyl (C=O) groups is 2. The van der Waals surface area contributed by atoms with Crippen LogP contribution >= 0.6 is 0 Å². The molecular weight excluding hydrogens is 254 g/mol. The first-order valence-electron chi connectivity index (χ1n) is 7.54. The quantitative estimate of drug-likeness (QED) is 0.862. The molecule has 108 valence electrons. The molecule has 1 N–H and O–H groups in total. The lowest BCUT2D eigenvalue weighted by molar-refractivity contribution is -0.138. The number of carboxylic acid groups (broad SMARTS) is 1. The summed E-state index contributed by atoms with van der Waals surface area (Å²) >= 11 is 0. The van der Waals surface area contributed by atoms with Gasteiger partial charge < -0.3 is 9.67 Å². The van der Waals surface area contributed by atoms with Crippen LogP contribution in [0.4, 0.5) is 0 Å². The van der Waals surface area contributed by atoms with Gasteiger partial charge in [-0.05, 0) is 37.3 Å². The standard InChI is InChI=1S/C16H21NO3/c1-10-2-4-11(5-3-10)15(18)14-7-6-13-12(16(19)20)8-9-17(13)14/h6-7,10-12H,2-5,8-9H2,1H3,(H,19,20). The Kier molecular flexibility index (Phi) is 3.40. The molecule has 1 saturated carbocycles. The Balaban J connectivity index is 1.80. The van der Waals surface area contributed by atoms with Crippen molar-refractivity contribution >= 4 is 11.8 Å². The van der Waals surface area contributed by atoms with Crippen LogP contribution in [0.2, 0.25) is 0 Å². The summed E-state index contributed by atoms with van der Waals surface area (Å²) in [5, 5.41) is 9.19. The molecule has 2 aliphatic rings. The van der Waals surface area contributed by atoms with Crippen molar-refractivity contribution in [2.75, 3.05) is 0 Å². The number of aromatic nitrogens is 1. The number of ketones is 1. The van der Waals surface area contributed by atoms with Crippen molar-refractivity contribution in [3.8, 4) is 0 Å². The van der Waals surface area contributed by atoms with Gasteiger partial charge in [0.25, 0.3) is 0 Å². The predicted molar refractivity (Wildman–Crippen MR) is 74.9 cm³/mol. The highest BCUT2D eigenvalue weighted by atomic mass is 16.4. The zero-order chi connectivity index (χ0) is 14.3. The molecule has 1 unspecified atom stereocenters. The highest BCUT2D eigenvalue weighted by Gasteiger charge is 2.33. The van der Waals surface area contributed by atoms with Gasteiger partial charge in [-0.25, -0.2) is 0 Å². The third-order valence-electron chi connectivity index (χ3n) is 4.95. The van der Waals surface area contributed by atoms with Crippen molar-refractivity contribution in [1.82, 2.24) is 4.57 Å². The maximum Gasteiger partial charge on any atom is 0.312 e. The Morgan fingerprint density at radius 1 is 1.15 bits per heavy atom. The molecule has 2 heterocycles. The summed E-state index contributed by atoms with van der Waals surface area (Å²) in [6.45, 7) is 2.90. The van der Waals surface area contributed by atoms with Gasteiger partial charge in [0.1, 0.15) is 0 Å². The third kappa shape index (κ3) is 2.17. The Labute approximate surface area is 118 Å². The first-order chi connectivity index (χ1) is 9.58. The minimum absolute atomic E-state index is 0.133. The van der Waals surface area contributed by atoms with Crippen LogP contribution < -0.4 is 0 Å². The number of carboxylic acids is 1. The van der Waals surface area contributed by atoms with E-state index in [1.807, 2.05) is 16.7 Å². The van der Waals surface area contributed by atoms with Crippen molar-refractivity contribution in [1.29, 1.82) is 0 Å². The van der Waals surface area contributed by atoms with Crippen LogP contribution in [-0.2, 0) is 11.3 Å². The molecule has 0 bridgehead atoms. The van der Waals surface area contributed by atoms with Crippen LogP contribution in [0.3, 0.4) is 0 Å². The van der Waals surface area contributed by atoms with E-state index in [1.165, 1.54) is 0 Å². The number of Topliss-reactive ketones (excluding diaryl/α,β-unsaturated/α-hetero) is 1. The summed E-state index contributed by atoms with van der Waals surface area (Å²) in [7, 11) is 0. The van der Waals surface area contributed by atoms with Crippen LogP contribution in [0.1, 0.15) is 61.1 Å². The summed E-state index contributed by atoms with van der Waals surface area (Å²) in [6, 6.07) is 3.65. The summed E-state index contributed by atoms with van der Waals surface area (Å²) in [6.07, 6.45) is 4.81. The molecule has 0 aromatic carbocycles. The predicted octanol–water partition coefficient (Wildman–Crippen LogP) is 3.07. The number of hydrogen-bond donors (Lipinski definition) is 1. The lowest BCUT2D eigenvalue weighted by Crippen LogP contribution is -2.23. The molecular formula is C16H21NO3. The van der Waals surface area contributed by atoms with Gasteiger partial charge in [-0.2, -0.15) is 0 Å². The van der Waals surface area contributed by atoms with Crippen LogP contribution in [-0.4, -0.2) is 21.4 Å². The third-order valence-corrected chi connectivity index (χ3v) is 4.95. The summed E-state index contributed by atoms with van der Waals surface area (Å²) in [4.78, 5) is 23.8. The van der Waals surface area contributed by atoms with Crippen molar-refractivity contribution < 1.29 is 14.7 Å². The number of nitrogens with zero attached hydrogens (tertiary/aromatic N) is 1. The fourth-order valence-electron chi connectivity index (χ4n) is 3.64. The van der Waals surface area contributed by atoms with E-state index in [-0.39, 0.29) is 11.7 Å². The first kappa shape index (κ1) is 13.4. The van der Waals surface area contributed by atoms with Crippen molar-refractivity contribution in [2.24, 2.45) is 11.8 Å². The monoisotopic (exact) mass is 275 g/mol. The van der Waals surface area contributed by atoms with E-state index in [9.17, 15) is 14.7 Å². The molecule has 1 atom stereocenters. The second-order valence-corrected chi connectivity index (χ2v) is 6.30. The van der Waals surface area contributed by atoms with Gasteiger partial charge in [0.05, 0.1) is 11.6 Å². The van der Waals surface area contributed by atoms with Crippen LogP contribution in [0.25, 0.3) is 0 Å². The second kappa shape index (κ2) is 5.08. The molecule has 0 amide bonds. The molecule has 1 aliphatic heterocycles. The number of rotatable bonds is 3. The van der Waals surface area contributed by atoms with Crippen LogP contribution in [0.15, 0.2) is 12.1 Å². The molecule has 0 spiro atoms. The van der Waals surface area contributed by atoms with Crippen molar-refractivity contribution in [2.45, 2.75) is 51.5 Å². The highest BCUT2D eigenvalue weighted by molar-refractivity contribution is 5.97. The Hall–Kier alpha value is -1.58. The maximum absolute atomic E-state index is 12.6. The van der Waals surface area contributed by atoms with E-state index >= 15 is 0 Å². The first-order valence-corrected chi connectivity index (χ1v) is 7.54. The fourth-order valence-corrected chi connectivity index (χ4v) is 3.64. The summed E-state index contributed by atoms with van der Waals surface area (Å²) in [5.41, 5.74) is 1.52. The molecule has 4 nitrogen and oxygen atoms in total. The van der Waals surface area contributed by atoms with Gasteiger partial charge in [-0.1, -0.05) is 19.8 Å². The van der Waals surface area contributed by atoms with Crippen molar-refractivity contribution in [3.63, 3.8) is 0 Å². The van der Waals surface area contributed by atoms with E-state index in [2.05, 4.69) is 6.92 Å². The van der Waals surface area contributed by atoms with E-state index in [0.717, 1.165) is 43.0 Å². The lowest BCUT2D eigenvalue weighted by atomic mass is 9.80. The van der Waals surface area contributed by atoms with E-state index in [1.54, 1.807) is 0 Å². The largest absolute Gasteiger partial charge is 0.481 e. The molecule has 1 aromatic heterocycles. The normalized spacial score (nSPS) is 29.1.